The van der Waals surface area contributed by atoms with Crippen molar-refractivity contribution in [2.75, 3.05) is 7.11 Å². The van der Waals surface area contributed by atoms with Crippen LogP contribution < -0.4 is 0 Å². The fourth-order valence-electron chi connectivity index (χ4n) is 2.38. The van der Waals surface area contributed by atoms with Crippen LogP contribution in [-0.4, -0.2) is 36.5 Å². The van der Waals surface area contributed by atoms with Crippen molar-refractivity contribution >= 4 is 12.4 Å². The Hall–Kier alpha value is -2.28. The minimum absolute atomic E-state index is 0.231. The summed E-state index contributed by atoms with van der Waals surface area (Å²) in [5, 5.41) is 0. The predicted molar refractivity (Wildman–Crippen MR) is 74.7 cm³/mol. The van der Waals surface area contributed by atoms with E-state index in [1.807, 2.05) is 30.3 Å². The number of methoxy groups -OCH3 is 1. The molecular formula is C16H17NO3. The minimum Gasteiger partial charge on any atom is -0.467 e. The first kappa shape index (κ1) is 14.1. The minimum atomic E-state index is -0.513. The third kappa shape index (κ3) is 3.18. The normalized spacial score (nSPS) is 21.6. The summed E-state index contributed by atoms with van der Waals surface area (Å²) in [6.45, 7) is 0. The number of nitrogens with zero attached hydrogens (tertiary/aromatic N) is 1. The van der Waals surface area contributed by atoms with Crippen molar-refractivity contribution in [3.8, 4) is 11.8 Å². The quantitative estimate of drug-likeness (QED) is 0.466. The van der Waals surface area contributed by atoms with E-state index >= 15 is 0 Å². The zero-order valence-electron chi connectivity index (χ0n) is 11.4. The van der Waals surface area contributed by atoms with Crippen LogP contribution in [-0.2, 0) is 14.3 Å². The Morgan fingerprint density at radius 2 is 2.10 bits per heavy atom. The molecule has 1 aliphatic rings. The number of rotatable bonds is 2. The second-order valence-corrected chi connectivity index (χ2v) is 4.67. The predicted octanol–water partition coefficient (Wildman–Crippen LogP) is 1.59. The van der Waals surface area contributed by atoms with Crippen LogP contribution in [0.4, 0.5) is 0 Å². The van der Waals surface area contributed by atoms with Crippen LogP contribution in [0.1, 0.15) is 24.8 Å². The maximum Gasteiger partial charge on any atom is 0.328 e. The summed E-state index contributed by atoms with van der Waals surface area (Å²) >= 11 is 0. The SMILES string of the molecule is COC(=O)[C@H]1CCC[C@H](C#Cc2ccccc2)N1C=O. The number of hydrogen-bond donors (Lipinski definition) is 0. The second-order valence-electron chi connectivity index (χ2n) is 4.67. The van der Waals surface area contributed by atoms with Crippen molar-refractivity contribution in [1.29, 1.82) is 0 Å². The summed E-state index contributed by atoms with van der Waals surface area (Å²) in [6, 6.07) is 8.85. The van der Waals surface area contributed by atoms with Gasteiger partial charge in [-0.15, -0.1) is 0 Å². The third-order valence-corrected chi connectivity index (χ3v) is 3.43. The number of piperidine rings is 1. The van der Waals surface area contributed by atoms with Gasteiger partial charge in [-0.25, -0.2) is 4.79 Å². The lowest BCUT2D eigenvalue weighted by Crippen LogP contribution is -2.49. The number of likely N-dealkylation sites (tertiary alicyclic amines) is 1. The lowest BCUT2D eigenvalue weighted by atomic mass is 9.96. The van der Waals surface area contributed by atoms with Crippen molar-refractivity contribution < 1.29 is 14.3 Å². The van der Waals surface area contributed by atoms with Crippen LogP contribution in [0.25, 0.3) is 0 Å². The zero-order chi connectivity index (χ0) is 14.4. The molecule has 0 aromatic heterocycles. The average Bonchev–Trinajstić information content (AvgIpc) is 2.52. The first-order valence-electron chi connectivity index (χ1n) is 6.63. The molecule has 0 spiro atoms. The van der Waals surface area contributed by atoms with Crippen LogP contribution in [0.5, 0.6) is 0 Å². The number of benzene rings is 1. The van der Waals surface area contributed by atoms with E-state index in [-0.39, 0.29) is 12.0 Å². The van der Waals surface area contributed by atoms with Crippen LogP contribution in [0.2, 0.25) is 0 Å². The van der Waals surface area contributed by atoms with E-state index in [0.29, 0.717) is 12.8 Å². The van der Waals surface area contributed by atoms with Gasteiger partial charge in [-0.1, -0.05) is 30.0 Å². The molecule has 0 radical (unpaired) electrons. The molecule has 104 valence electrons. The molecule has 0 N–H and O–H groups in total. The maximum absolute atomic E-state index is 11.7. The highest BCUT2D eigenvalue weighted by molar-refractivity contribution is 5.78. The number of ether oxygens (including phenoxy) is 1. The van der Waals surface area contributed by atoms with Crippen LogP contribution in [0, 0.1) is 11.8 Å². The number of amides is 1. The van der Waals surface area contributed by atoms with Crippen LogP contribution in [0.3, 0.4) is 0 Å². The second kappa shape index (κ2) is 6.76. The maximum atomic E-state index is 11.7. The molecule has 2 atom stereocenters. The molecule has 2 rings (SSSR count). The smallest absolute Gasteiger partial charge is 0.328 e. The van der Waals surface area contributed by atoms with Gasteiger partial charge in [0.2, 0.25) is 6.41 Å². The number of hydrogen-bond acceptors (Lipinski definition) is 3. The summed E-state index contributed by atoms with van der Waals surface area (Å²) in [6.07, 6.45) is 2.98. The van der Waals surface area contributed by atoms with Crippen molar-refractivity contribution in [3.63, 3.8) is 0 Å². The van der Waals surface area contributed by atoms with Gasteiger partial charge < -0.3 is 9.64 Å². The Balaban J connectivity index is 2.16. The topological polar surface area (TPSA) is 46.6 Å². The third-order valence-electron chi connectivity index (χ3n) is 3.43. The van der Waals surface area contributed by atoms with Crippen molar-refractivity contribution in [1.82, 2.24) is 4.90 Å². The average molecular weight is 271 g/mol. The van der Waals surface area contributed by atoms with Gasteiger partial charge in [-0.3, -0.25) is 4.79 Å². The largest absolute Gasteiger partial charge is 0.467 e. The molecule has 0 bridgehead atoms. The van der Waals surface area contributed by atoms with Gasteiger partial charge in [0.1, 0.15) is 6.04 Å². The first-order valence-corrected chi connectivity index (χ1v) is 6.63. The molecule has 4 heteroatoms. The molecule has 0 saturated carbocycles. The van der Waals surface area contributed by atoms with Crippen LogP contribution in [0.15, 0.2) is 30.3 Å². The van der Waals surface area contributed by atoms with Crippen molar-refractivity contribution in [2.45, 2.75) is 31.3 Å². The number of carbonyl (C=O) groups excluding carboxylic acids is 2. The zero-order valence-corrected chi connectivity index (χ0v) is 11.4. The van der Waals surface area contributed by atoms with Crippen molar-refractivity contribution in [2.24, 2.45) is 0 Å². The van der Waals surface area contributed by atoms with E-state index in [2.05, 4.69) is 11.8 Å². The number of carbonyl (C=O) groups is 2. The molecule has 1 aliphatic heterocycles. The molecule has 1 aromatic rings. The van der Waals surface area contributed by atoms with Gasteiger partial charge in [0.05, 0.1) is 13.2 Å². The van der Waals surface area contributed by atoms with E-state index < -0.39 is 6.04 Å². The molecule has 1 fully saturated rings. The van der Waals surface area contributed by atoms with Gasteiger partial charge in [-0.05, 0) is 31.4 Å². The van der Waals surface area contributed by atoms with Gasteiger partial charge >= 0.3 is 5.97 Å². The summed E-state index contributed by atoms with van der Waals surface area (Å²) in [7, 11) is 1.34. The summed E-state index contributed by atoms with van der Waals surface area (Å²) in [5.74, 6) is 5.77. The Morgan fingerprint density at radius 3 is 2.75 bits per heavy atom. The molecule has 20 heavy (non-hydrogen) atoms. The molecular weight excluding hydrogens is 254 g/mol. The molecule has 0 aliphatic carbocycles. The Kier molecular flexibility index (Phi) is 4.78. The molecule has 1 aromatic carbocycles. The van der Waals surface area contributed by atoms with E-state index in [0.717, 1.165) is 18.4 Å². The van der Waals surface area contributed by atoms with E-state index in [1.165, 1.54) is 12.0 Å². The standard InChI is InChI=1S/C16H17NO3/c1-20-16(19)15-9-5-8-14(17(15)12-18)11-10-13-6-3-2-4-7-13/h2-4,6-7,12,14-15H,5,8-9H2,1H3/t14-,15-/m1/s1. The molecule has 1 heterocycles. The lowest BCUT2D eigenvalue weighted by molar-refractivity contribution is -0.152. The van der Waals surface area contributed by atoms with E-state index in [4.69, 9.17) is 4.74 Å². The highest BCUT2D eigenvalue weighted by Gasteiger charge is 2.33. The molecule has 1 saturated heterocycles. The van der Waals surface area contributed by atoms with Gasteiger partial charge in [0, 0.05) is 5.56 Å². The number of esters is 1. The van der Waals surface area contributed by atoms with Gasteiger partial charge in [0.15, 0.2) is 0 Å². The fraction of sp³-hybridized carbons (Fsp3) is 0.375. The lowest BCUT2D eigenvalue weighted by Gasteiger charge is -2.35. The van der Waals surface area contributed by atoms with E-state index in [1.54, 1.807) is 0 Å². The Morgan fingerprint density at radius 1 is 1.35 bits per heavy atom. The Bertz CT molecular complexity index is 530. The van der Waals surface area contributed by atoms with E-state index in [9.17, 15) is 9.59 Å². The highest BCUT2D eigenvalue weighted by atomic mass is 16.5. The Labute approximate surface area is 118 Å². The first-order chi connectivity index (χ1) is 9.76. The summed E-state index contributed by atoms with van der Waals surface area (Å²) in [4.78, 5) is 24.4. The van der Waals surface area contributed by atoms with Gasteiger partial charge in [-0.2, -0.15) is 0 Å². The highest BCUT2D eigenvalue weighted by Crippen LogP contribution is 2.22. The fourth-order valence-corrected chi connectivity index (χ4v) is 2.38. The molecule has 0 unspecified atom stereocenters. The summed E-state index contributed by atoms with van der Waals surface area (Å²) in [5.41, 5.74) is 0.901. The monoisotopic (exact) mass is 271 g/mol. The van der Waals surface area contributed by atoms with Crippen LogP contribution >= 0.6 is 0 Å². The van der Waals surface area contributed by atoms with Gasteiger partial charge in [0.25, 0.3) is 0 Å². The summed E-state index contributed by atoms with van der Waals surface area (Å²) < 4.78 is 4.75. The molecule has 4 nitrogen and oxygen atoms in total. The van der Waals surface area contributed by atoms with Crippen molar-refractivity contribution in [3.05, 3.63) is 35.9 Å². The molecule has 1 amide bonds.